The Hall–Kier alpha value is -2.86. The minimum atomic E-state index is -0.775. The first-order chi connectivity index (χ1) is 15.2. The van der Waals surface area contributed by atoms with Gasteiger partial charge in [-0.1, -0.05) is 35.9 Å². The molecule has 0 radical (unpaired) electrons. The van der Waals surface area contributed by atoms with Crippen molar-refractivity contribution >= 4 is 41.1 Å². The molecule has 1 aromatic carbocycles. The average molecular weight is 452 g/mol. The molecule has 0 unspecified atom stereocenters. The Kier molecular flexibility index (Phi) is 6.24. The summed E-state index contributed by atoms with van der Waals surface area (Å²) in [6.07, 6.45) is 6.30. The van der Waals surface area contributed by atoms with Crippen LogP contribution in [-0.4, -0.2) is 40.8 Å². The molecular weight excluding hydrogens is 422 g/mol. The van der Waals surface area contributed by atoms with Crippen molar-refractivity contribution in [3.05, 3.63) is 62.3 Å². The number of benzene rings is 1. The van der Waals surface area contributed by atoms with E-state index in [1.807, 2.05) is 26.8 Å². The van der Waals surface area contributed by atoms with E-state index >= 15 is 0 Å². The topological polar surface area (TPSA) is 66.8 Å². The van der Waals surface area contributed by atoms with Gasteiger partial charge in [0.1, 0.15) is 5.60 Å². The van der Waals surface area contributed by atoms with Gasteiger partial charge in [0.2, 0.25) is 0 Å². The van der Waals surface area contributed by atoms with E-state index in [1.165, 1.54) is 32.7 Å². The van der Waals surface area contributed by atoms with Gasteiger partial charge in [-0.05, 0) is 68.9 Å². The second kappa shape index (κ2) is 8.94. The van der Waals surface area contributed by atoms with Gasteiger partial charge in [0, 0.05) is 28.4 Å². The summed E-state index contributed by atoms with van der Waals surface area (Å²) in [4.78, 5) is 27.6. The van der Waals surface area contributed by atoms with Crippen LogP contribution in [-0.2, 0) is 16.0 Å². The molecule has 1 fully saturated rings. The van der Waals surface area contributed by atoms with Crippen molar-refractivity contribution in [3.8, 4) is 0 Å². The first-order valence-corrected chi connectivity index (χ1v) is 11.9. The molecule has 0 spiro atoms. The third-order valence-corrected chi connectivity index (χ3v) is 6.84. The molecule has 5 nitrogen and oxygen atoms in total. The summed E-state index contributed by atoms with van der Waals surface area (Å²) in [5.74, 6) is -0.775. The second-order valence-corrected chi connectivity index (χ2v) is 10.4. The summed E-state index contributed by atoms with van der Waals surface area (Å²) >= 11 is 1.67. The van der Waals surface area contributed by atoms with Crippen LogP contribution in [0.25, 0.3) is 17.7 Å². The number of piperidine rings is 1. The van der Waals surface area contributed by atoms with Crippen molar-refractivity contribution in [1.82, 2.24) is 4.90 Å². The minimum absolute atomic E-state index is 0.135. The van der Waals surface area contributed by atoms with Crippen molar-refractivity contribution in [2.24, 2.45) is 0 Å². The molecule has 1 saturated heterocycles. The van der Waals surface area contributed by atoms with Gasteiger partial charge in [0.15, 0.2) is 0 Å². The number of aliphatic carboxylic acids is 1. The summed E-state index contributed by atoms with van der Waals surface area (Å²) in [6.45, 7) is 6.93. The fourth-order valence-corrected chi connectivity index (χ4v) is 5.30. The van der Waals surface area contributed by atoms with E-state index in [0.717, 1.165) is 17.7 Å². The first kappa shape index (κ1) is 22.3. The van der Waals surface area contributed by atoms with E-state index in [-0.39, 0.29) is 12.5 Å². The summed E-state index contributed by atoms with van der Waals surface area (Å²) in [5.41, 5.74) is 5.63. The predicted octanol–water partition coefficient (Wildman–Crippen LogP) is 6.08. The SMILES string of the molecule is CC(C)(C)OC(=O)N1CCC(=C2c3ccccc3C=Cc3sc(CCC(=O)O)cc32)CC1. The molecule has 0 saturated carbocycles. The Bertz CT molecular complexity index is 1090. The van der Waals surface area contributed by atoms with Crippen molar-refractivity contribution in [2.75, 3.05) is 13.1 Å². The van der Waals surface area contributed by atoms with Gasteiger partial charge in [0.25, 0.3) is 0 Å². The molecule has 0 bridgehead atoms. The number of likely N-dealkylation sites (tertiary alicyclic amines) is 1. The van der Waals surface area contributed by atoms with Crippen LogP contribution >= 0.6 is 11.3 Å². The maximum absolute atomic E-state index is 12.5. The van der Waals surface area contributed by atoms with E-state index in [0.29, 0.717) is 19.5 Å². The Morgan fingerprint density at radius 1 is 1.09 bits per heavy atom. The lowest BCUT2D eigenvalue weighted by atomic mass is 9.87. The Morgan fingerprint density at radius 2 is 1.81 bits per heavy atom. The second-order valence-electron chi connectivity index (χ2n) is 9.25. The molecule has 6 heteroatoms. The van der Waals surface area contributed by atoms with Crippen molar-refractivity contribution in [1.29, 1.82) is 0 Å². The fraction of sp³-hybridized carbons (Fsp3) is 0.385. The number of carboxylic acids is 1. The lowest BCUT2D eigenvalue weighted by Crippen LogP contribution is -2.40. The largest absolute Gasteiger partial charge is 0.481 e. The van der Waals surface area contributed by atoms with Gasteiger partial charge in [-0.3, -0.25) is 4.79 Å². The Morgan fingerprint density at radius 3 is 2.50 bits per heavy atom. The molecule has 1 aliphatic carbocycles. The molecular formula is C26H29NO4S. The Labute approximate surface area is 193 Å². The van der Waals surface area contributed by atoms with Crippen molar-refractivity contribution in [3.63, 3.8) is 0 Å². The van der Waals surface area contributed by atoms with Crippen LogP contribution in [0.3, 0.4) is 0 Å². The van der Waals surface area contributed by atoms with E-state index < -0.39 is 11.6 Å². The summed E-state index contributed by atoms with van der Waals surface area (Å²) in [6, 6.07) is 10.6. The zero-order valence-corrected chi connectivity index (χ0v) is 19.6. The van der Waals surface area contributed by atoms with Crippen LogP contribution in [0.5, 0.6) is 0 Å². The number of carbonyl (C=O) groups excluding carboxylic acids is 1. The van der Waals surface area contributed by atoms with Crippen LogP contribution < -0.4 is 0 Å². The number of rotatable bonds is 3. The van der Waals surface area contributed by atoms with Crippen LogP contribution in [0.2, 0.25) is 0 Å². The highest BCUT2D eigenvalue weighted by Gasteiger charge is 2.28. The van der Waals surface area contributed by atoms with E-state index in [4.69, 9.17) is 9.84 Å². The average Bonchev–Trinajstić information content (AvgIpc) is 3.07. The normalized spacial score (nSPS) is 15.8. The number of hydrogen-bond acceptors (Lipinski definition) is 4. The summed E-state index contributed by atoms with van der Waals surface area (Å²) in [5, 5.41) is 9.09. The molecule has 1 aromatic heterocycles. The maximum Gasteiger partial charge on any atom is 0.410 e. The quantitative estimate of drug-likeness (QED) is 0.524. The monoisotopic (exact) mass is 451 g/mol. The number of hydrogen-bond donors (Lipinski definition) is 1. The van der Waals surface area contributed by atoms with Crippen LogP contribution in [0.4, 0.5) is 4.79 Å². The number of carboxylic acid groups (broad SMARTS) is 1. The van der Waals surface area contributed by atoms with E-state index in [9.17, 15) is 9.59 Å². The molecule has 0 atom stereocenters. The number of carbonyl (C=O) groups is 2. The maximum atomic E-state index is 12.5. The van der Waals surface area contributed by atoms with Crippen LogP contribution in [0.1, 0.15) is 66.5 Å². The molecule has 4 rings (SSSR count). The summed E-state index contributed by atoms with van der Waals surface area (Å²) in [7, 11) is 0. The first-order valence-electron chi connectivity index (χ1n) is 11.0. The smallest absolute Gasteiger partial charge is 0.410 e. The number of nitrogens with zero attached hydrogens (tertiary/aromatic N) is 1. The van der Waals surface area contributed by atoms with Gasteiger partial charge < -0.3 is 14.7 Å². The summed E-state index contributed by atoms with van der Waals surface area (Å²) < 4.78 is 5.55. The van der Waals surface area contributed by atoms with Crippen LogP contribution in [0, 0.1) is 0 Å². The number of thiophene rings is 1. The van der Waals surface area contributed by atoms with Gasteiger partial charge in [-0.25, -0.2) is 4.79 Å². The zero-order chi connectivity index (χ0) is 22.9. The minimum Gasteiger partial charge on any atom is -0.481 e. The molecule has 168 valence electrons. The highest BCUT2D eigenvalue weighted by atomic mass is 32.1. The van der Waals surface area contributed by atoms with Gasteiger partial charge in [-0.15, -0.1) is 11.3 Å². The molecule has 1 N–H and O–H groups in total. The lowest BCUT2D eigenvalue weighted by molar-refractivity contribution is -0.136. The number of amides is 1. The van der Waals surface area contributed by atoms with Crippen molar-refractivity contribution < 1.29 is 19.4 Å². The molecule has 1 aliphatic heterocycles. The number of aryl methyl sites for hydroxylation is 1. The molecule has 2 heterocycles. The van der Waals surface area contributed by atoms with Crippen molar-refractivity contribution in [2.45, 2.75) is 52.1 Å². The third kappa shape index (κ3) is 4.96. The van der Waals surface area contributed by atoms with E-state index in [2.05, 4.69) is 36.4 Å². The molecule has 2 aliphatic rings. The lowest BCUT2D eigenvalue weighted by Gasteiger charge is -2.32. The number of fused-ring (bicyclic) bond motifs is 2. The molecule has 2 aromatic rings. The predicted molar refractivity (Wildman–Crippen MR) is 129 cm³/mol. The number of ether oxygens (including phenoxy) is 1. The molecule has 1 amide bonds. The third-order valence-electron chi connectivity index (χ3n) is 5.68. The zero-order valence-electron chi connectivity index (χ0n) is 18.8. The van der Waals surface area contributed by atoms with Gasteiger partial charge >= 0.3 is 12.1 Å². The van der Waals surface area contributed by atoms with Crippen LogP contribution in [0.15, 0.2) is 35.9 Å². The molecule has 32 heavy (non-hydrogen) atoms. The Balaban J connectivity index is 1.67. The standard InChI is InChI=1S/C26H29NO4S/c1-26(2,3)31-25(30)27-14-12-18(13-15-27)24-20-7-5-4-6-17(20)8-10-22-21(24)16-19(32-22)9-11-23(28)29/h4-8,10,16H,9,11-15H2,1-3H3,(H,28,29). The van der Waals surface area contributed by atoms with E-state index in [1.54, 1.807) is 16.2 Å². The highest BCUT2D eigenvalue weighted by Crippen LogP contribution is 2.42. The van der Waals surface area contributed by atoms with Gasteiger partial charge in [0.05, 0.1) is 6.42 Å². The fourth-order valence-electron chi connectivity index (χ4n) is 4.23. The highest BCUT2D eigenvalue weighted by molar-refractivity contribution is 7.13. The van der Waals surface area contributed by atoms with Gasteiger partial charge in [-0.2, -0.15) is 0 Å².